The first kappa shape index (κ1) is 12.0. The number of nitrogens with one attached hydrogen (secondary N) is 1. The average molecular weight is 219 g/mol. The minimum absolute atomic E-state index is 0.215. The van der Waals surface area contributed by atoms with E-state index >= 15 is 0 Å². The van der Waals surface area contributed by atoms with Crippen LogP contribution >= 0.6 is 0 Å². The van der Waals surface area contributed by atoms with Gasteiger partial charge in [0.25, 0.3) is 0 Å². The molecule has 0 saturated heterocycles. The zero-order valence-corrected chi connectivity index (χ0v) is 9.94. The van der Waals surface area contributed by atoms with E-state index in [1.165, 1.54) is 0 Å². The van der Waals surface area contributed by atoms with Crippen LogP contribution in [0.25, 0.3) is 0 Å². The Bertz CT molecular complexity index is 253. The summed E-state index contributed by atoms with van der Waals surface area (Å²) in [7, 11) is -3.01. The lowest BCUT2D eigenvalue weighted by molar-refractivity contribution is 0.539. The van der Waals surface area contributed by atoms with Gasteiger partial charge >= 0.3 is 0 Å². The molecular formula is C10H21NO2S. The highest BCUT2D eigenvalue weighted by Gasteiger charge is 2.20. The molecule has 0 aliphatic heterocycles. The van der Waals surface area contributed by atoms with Crippen LogP contribution in [0, 0.1) is 5.92 Å². The second-order valence-electron chi connectivity index (χ2n) is 4.60. The van der Waals surface area contributed by atoms with Gasteiger partial charge in [-0.05, 0) is 25.2 Å². The predicted molar refractivity (Wildman–Crippen MR) is 58.6 cm³/mol. The number of sulfonamides is 1. The fourth-order valence-electron chi connectivity index (χ4n) is 1.75. The van der Waals surface area contributed by atoms with Crippen LogP contribution in [0.3, 0.4) is 0 Å². The normalized spacial score (nSPS) is 19.4. The maximum atomic E-state index is 11.6. The summed E-state index contributed by atoms with van der Waals surface area (Å²) in [6, 6.07) is 0.215. The van der Waals surface area contributed by atoms with Gasteiger partial charge in [-0.2, -0.15) is 0 Å². The number of hydrogen-bond acceptors (Lipinski definition) is 2. The van der Waals surface area contributed by atoms with Crippen molar-refractivity contribution in [3.63, 3.8) is 0 Å². The highest BCUT2D eigenvalue weighted by atomic mass is 32.2. The summed E-state index contributed by atoms with van der Waals surface area (Å²) in [4.78, 5) is 0. The van der Waals surface area contributed by atoms with Gasteiger partial charge in [0, 0.05) is 6.04 Å². The first-order chi connectivity index (χ1) is 6.49. The molecule has 0 aromatic heterocycles. The van der Waals surface area contributed by atoms with E-state index in [0.717, 1.165) is 32.1 Å². The van der Waals surface area contributed by atoms with Gasteiger partial charge in [0.15, 0.2) is 0 Å². The predicted octanol–water partition coefficient (Wildman–Crippen LogP) is 1.89. The minimum atomic E-state index is -3.01. The fourth-order valence-corrected chi connectivity index (χ4v) is 3.39. The molecule has 1 N–H and O–H groups in total. The molecular weight excluding hydrogens is 198 g/mol. The highest BCUT2D eigenvalue weighted by Crippen LogP contribution is 2.18. The zero-order valence-electron chi connectivity index (χ0n) is 9.12. The third-order valence-electron chi connectivity index (χ3n) is 2.67. The van der Waals surface area contributed by atoms with Gasteiger partial charge in [0.05, 0.1) is 5.75 Å². The topological polar surface area (TPSA) is 46.2 Å². The quantitative estimate of drug-likeness (QED) is 0.767. The van der Waals surface area contributed by atoms with Gasteiger partial charge in [-0.25, -0.2) is 13.1 Å². The monoisotopic (exact) mass is 219 g/mol. The van der Waals surface area contributed by atoms with Gasteiger partial charge in [-0.3, -0.25) is 0 Å². The van der Waals surface area contributed by atoms with Crippen molar-refractivity contribution in [3.8, 4) is 0 Å². The molecule has 1 rings (SSSR count). The van der Waals surface area contributed by atoms with E-state index in [-0.39, 0.29) is 11.8 Å². The summed E-state index contributed by atoms with van der Waals surface area (Å²) in [6.07, 6.45) is 5.11. The summed E-state index contributed by atoms with van der Waals surface area (Å²) in [5.74, 6) is 0.733. The molecule has 1 aliphatic rings. The van der Waals surface area contributed by atoms with E-state index in [0.29, 0.717) is 5.92 Å². The second kappa shape index (κ2) is 5.12. The minimum Gasteiger partial charge on any atom is -0.212 e. The van der Waals surface area contributed by atoms with Gasteiger partial charge in [-0.1, -0.05) is 26.7 Å². The highest BCUT2D eigenvalue weighted by molar-refractivity contribution is 7.89. The fraction of sp³-hybridized carbons (Fsp3) is 1.00. The van der Waals surface area contributed by atoms with Crippen molar-refractivity contribution in [1.82, 2.24) is 4.72 Å². The van der Waals surface area contributed by atoms with Crippen molar-refractivity contribution in [1.29, 1.82) is 0 Å². The van der Waals surface area contributed by atoms with Gasteiger partial charge in [-0.15, -0.1) is 0 Å². The van der Waals surface area contributed by atoms with Gasteiger partial charge in [0.1, 0.15) is 0 Å². The van der Waals surface area contributed by atoms with Crippen molar-refractivity contribution in [2.45, 2.75) is 52.0 Å². The smallest absolute Gasteiger partial charge is 0.211 e. The summed E-state index contributed by atoms with van der Waals surface area (Å²) in [6.45, 7) is 4.09. The molecule has 4 heteroatoms. The Balaban J connectivity index is 2.33. The van der Waals surface area contributed by atoms with Gasteiger partial charge < -0.3 is 0 Å². The SMILES string of the molecule is CC(C)CCS(=O)(=O)NC1CCCC1. The molecule has 0 aromatic rings. The first-order valence-electron chi connectivity index (χ1n) is 5.49. The standard InChI is InChI=1S/C10H21NO2S/c1-9(2)7-8-14(12,13)11-10-5-3-4-6-10/h9-11H,3-8H2,1-2H3. The molecule has 0 atom stereocenters. The maximum Gasteiger partial charge on any atom is 0.211 e. The van der Waals surface area contributed by atoms with Crippen molar-refractivity contribution in [2.75, 3.05) is 5.75 Å². The van der Waals surface area contributed by atoms with Crippen LogP contribution in [0.5, 0.6) is 0 Å². The van der Waals surface area contributed by atoms with E-state index in [1.807, 2.05) is 13.8 Å². The number of rotatable bonds is 5. The molecule has 3 nitrogen and oxygen atoms in total. The third-order valence-corrected chi connectivity index (χ3v) is 4.13. The lowest BCUT2D eigenvalue weighted by Crippen LogP contribution is -2.34. The van der Waals surface area contributed by atoms with Crippen LogP contribution in [0.2, 0.25) is 0 Å². The molecule has 0 heterocycles. The van der Waals surface area contributed by atoms with Crippen LogP contribution in [0.1, 0.15) is 46.0 Å². The van der Waals surface area contributed by atoms with Gasteiger partial charge in [0.2, 0.25) is 10.0 Å². The molecule has 1 aliphatic carbocycles. The molecule has 0 spiro atoms. The summed E-state index contributed by atoms with van der Waals surface area (Å²) in [5.41, 5.74) is 0. The molecule has 14 heavy (non-hydrogen) atoms. The van der Waals surface area contributed by atoms with Crippen LogP contribution in [0.15, 0.2) is 0 Å². The molecule has 1 saturated carbocycles. The Morgan fingerprint density at radius 1 is 1.29 bits per heavy atom. The molecule has 0 aromatic carbocycles. The first-order valence-corrected chi connectivity index (χ1v) is 7.15. The Labute approximate surface area is 87.3 Å². The molecule has 0 radical (unpaired) electrons. The molecule has 1 fully saturated rings. The average Bonchev–Trinajstić information content (AvgIpc) is 2.53. The summed E-state index contributed by atoms with van der Waals surface area (Å²) < 4.78 is 25.9. The van der Waals surface area contributed by atoms with Crippen molar-refractivity contribution in [3.05, 3.63) is 0 Å². The Kier molecular flexibility index (Phi) is 4.38. The third kappa shape index (κ3) is 4.42. The van der Waals surface area contributed by atoms with E-state index in [2.05, 4.69) is 4.72 Å². The van der Waals surface area contributed by atoms with Crippen LogP contribution < -0.4 is 4.72 Å². The maximum absolute atomic E-state index is 11.6. The summed E-state index contributed by atoms with van der Waals surface area (Å²) >= 11 is 0. The van der Waals surface area contributed by atoms with E-state index in [4.69, 9.17) is 0 Å². The molecule has 0 amide bonds. The van der Waals surface area contributed by atoms with E-state index < -0.39 is 10.0 Å². The zero-order chi connectivity index (χ0) is 10.6. The Morgan fingerprint density at radius 3 is 2.36 bits per heavy atom. The van der Waals surface area contributed by atoms with Crippen LogP contribution in [-0.2, 0) is 10.0 Å². The summed E-state index contributed by atoms with van der Waals surface area (Å²) in [5, 5.41) is 0. The molecule has 0 unspecified atom stereocenters. The van der Waals surface area contributed by atoms with E-state index in [9.17, 15) is 8.42 Å². The van der Waals surface area contributed by atoms with Crippen molar-refractivity contribution < 1.29 is 8.42 Å². The lowest BCUT2D eigenvalue weighted by Gasteiger charge is -2.13. The Morgan fingerprint density at radius 2 is 1.86 bits per heavy atom. The largest absolute Gasteiger partial charge is 0.212 e. The van der Waals surface area contributed by atoms with Crippen molar-refractivity contribution in [2.24, 2.45) is 5.92 Å². The number of hydrogen-bond donors (Lipinski definition) is 1. The van der Waals surface area contributed by atoms with Crippen LogP contribution in [0.4, 0.5) is 0 Å². The molecule has 0 bridgehead atoms. The van der Waals surface area contributed by atoms with Crippen molar-refractivity contribution >= 4 is 10.0 Å². The Hall–Kier alpha value is -0.0900. The second-order valence-corrected chi connectivity index (χ2v) is 6.47. The van der Waals surface area contributed by atoms with E-state index in [1.54, 1.807) is 0 Å². The van der Waals surface area contributed by atoms with Crippen LogP contribution in [-0.4, -0.2) is 20.2 Å². The lowest BCUT2D eigenvalue weighted by atomic mass is 10.2. The molecule has 84 valence electrons.